The van der Waals surface area contributed by atoms with Gasteiger partial charge in [0.15, 0.2) is 5.82 Å². The van der Waals surface area contributed by atoms with E-state index in [1.54, 1.807) is 0 Å². The Balaban J connectivity index is 0.980. The predicted molar refractivity (Wildman–Crippen MR) is 267 cm³/mol. The maximum atomic E-state index is 5.80. The second-order valence-electron chi connectivity index (χ2n) is 22.0. The molecule has 0 amide bonds. The van der Waals surface area contributed by atoms with Gasteiger partial charge in [0.2, 0.25) is 0 Å². The van der Waals surface area contributed by atoms with Gasteiger partial charge in [0.25, 0.3) is 0 Å². The molecular formula is C59H51N5S. The van der Waals surface area contributed by atoms with E-state index >= 15 is 0 Å². The van der Waals surface area contributed by atoms with Crippen LogP contribution in [-0.4, -0.2) is 24.1 Å². The summed E-state index contributed by atoms with van der Waals surface area (Å²) in [6.45, 7) is 0. The van der Waals surface area contributed by atoms with Crippen LogP contribution < -0.4 is 0 Å². The molecular weight excluding hydrogens is 811 g/mol. The van der Waals surface area contributed by atoms with E-state index in [4.69, 9.17) is 15.0 Å². The zero-order valence-electron chi connectivity index (χ0n) is 36.7. The number of rotatable bonds is 5. The van der Waals surface area contributed by atoms with Crippen molar-refractivity contribution in [3.8, 4) is 22.8 Å². The van der Waals surface area contributed by atoms with E-state index in [9.17, 15) is 0 Å². The van der Waals surface area contributed by atoms with Crippen LogP contribution in [0.15, 0.2) is 127 Å². The summed E-state index contributed by atoms with van der Waals surface area (Å²) in [4.78, 5) is 17.3. The third-order valence-corrected chi connectivity index (χ3v) is 19.3. The van der Waals surface area contributed by atoms with Crippen LogP contribution in [0.5, 0.6) is 0 Å². The molecule has 5 nitrogen and oxygen atoms in total. The molecule has 8 saturated carbocycles. The largest absolute Gasteiger partial charge is 0.308 e. The molecule has 0 saturated heterocycles. The number of nitrogens with zero attached hydrogens (tertiary/aromatic N) is 5. The van der Waals surface area contributed by atoms with Gasteiger partial charge in [0.1, 0.15) is 11.6 Å². The molecule has 10 aromatic rings. The second kappa shape index (κ2) is 12.9. The minimum absolute atomic E-state index is 0.0984. The summed E-state index contributed by atoms with van der Waals surface area (Å²) in [5.74, 6) is 8.20. The summed E-state index contributed by atoms with van der Waals surface area (Å²) >= 11 is 1.93. The molecule has 8 bridgehead atoms. The van der Waals surface area contributed by atoms with Gasteiger partial charge in [-0.1, -0.05) is 84.9 Å². The van der Waals surface area contributed by atoms with Gasteiger partial charge in [-0.2, -0.15) is 0 Å². The molecule has 6 heteroatoms. The van der Waals surface area contributed by atoms with Gasteiger partial charge in [0.05, 0.1) is 26.8 Å². The lowest BCUT2D eigenvalue weighted by molar-refractivity contribution is -0.0155. The molecule has 65 heavy (non-hydrogen) atoms. The first-order valence-corrected chi connectivity index (χ1v) is 25.6. The quantitative estimate of drug-likeness (QED) is 0.173. The first-order chi connectivity index (χ1) is 32.0. The highest BCUT2D eigenvalue weighted by molar-refractivity contribution is 7.27. The Morgan fingerprint density at radius 2 is 0.923 bits per heavy atom. The molecule has 4 heterocycles. The number of hydrogen-bond donors (Lipinski definition) is 0. The molecule has 318 valence electrons. The Kier molecular flexibility index (Phi) is 7.24. The van der Waals surface area contributed by atoms with Crippen molar-refractivity contribution in [1.29, 1.82) is 0 Å². The van der Waals surface area contributed by atoms with Crippen molar-refractivity contribution < 1.29 is 0 Å². The summed E-state index contributed by atoms with van der Waals surface area (Å²) in [5, 5.41) is 7.85. The summed E-state index contributed by atoms with van der Waals surface area (Å²) in [6, 6.07) is 47.6. The van der Waals surface area contributed by atoms with E-state index in [1.807, 2.05) is 11.3 Å². The summed E-state index contributed by atoms with van der Waals surface area (Å²) in [6.07, 6.45) is 16.1. The summed E-state index contributed by atoms with van der Waals surface area (Å²) < 4.78 is 7.78. The van der Waals surface area contributed by atoms with Gasteiger partial charge >= 0.3 is 0 Å². The van der Waals surface area contributed by atoms with Crippen molar-refractivity contribution in [1.82, 2.24) is 24.1 Å². The highest BCUT2D eigenvalue weighted by Crippen LogP contribution is 2.63. The van der Waals surface area contributed by atoms with Gasteiger partial charge in [-0.25, -0.2) is 15.0 Å². The molecule has 0 spiro atoms. The molecule has 8 aliphatic rings. The van der Waals surface area contributed by atoms with Gasteiger partial charge in [-0.3, -0.25) is 0 Å². The maximum absolute atomic E-state index is 5.80. The lowest BCUT2D eigenvalue weighted by Gasteiger charge is -2.57. The summed E-state index contributed by atoms with van der Waals surface area (Å²) in [5.41, 5.74) is 8.63. The Labute approximate surface area is 382 Å². The van der Waals surface area contributed by atoms with Crippen molar-refractivity contribution in [3.63, 3.8) is 0 Å². The molecule has 8 fully saturated rings. The van der Waals surface area contributed by atoms with Gasteiger partial charge in [-0.15, -0.1) is 11.3 Å². The number of hydrogen-bond acceptors (Lipinski definition) is 4. The fourth-order valence-corrected chi connectivity index (χ4v) is 17.8. The Morgan fingerprint density at radius 3 is 1.52 bits per heavy atom. The zero-order valence-corrected chi connectivity index (χ0v) is 37.5. The average molecular weight is 862 g/mol. The average Bonchev–Trinajstić information content (AvgIpc) is 3.99. The zero-order chi connectivity index (χ0) is 42.2. The van der Waals surface area contributed by atoms with Crippen LogP contribution in [0.25, 0.3) is 86.5 Å². The van der Waals surface area contributed by atoms with Crippen molar-refractivity contribution in [2.45, 2.75) is 87.9 Å². The predicted octanol–water partition coefficient (Wildman–Crippen LogP) is 15.0. The van der Waals surface area contributed by atoms with Crippen LogP contribution in [0.3, 0.4) is 0 Å². The SMILES string of the molecule is c1ccc(-n2c3ccccc3c3c2c2sc4ccccc4c2c2c4ccccc4n(-c4cccc(-c5nc(C67CC8CC(CC(C8)C6)C7)nc(C67CC8CC(CC(C8)C6)C7)n5)c4)c23)cc1. The lowest BCUT2D eigenvalue weighted by atomic mass is 9.49. The summed E-state index contributed by atoms with van der Waals surface area (Å²) in [7, 11) is 0. The van der Waals surface area contributed by atoms with Crippen LogP contribution in [-0.2, 0) is 10.8 Å². The van der Waals surface area contributed by atoms with Crippen molar-refractivity contribution >= 4 is 75.1 Å². The van der Waals surface area contributed by atoms with Gasteiger partial charge in [0, 0.05) is 64.8 Å². The van der Waals surface area contributed by atoms with Crippen LogP contribution in [0.1, 0.15) is 88.7 Å². The molecule has 0 unspecified atom stereocenters. The molecule has 0 N–H and O–H groups in total. The molecule has 0 radical (unpaired) electrons. The minimum atomic E-state index is 0.0984. The van der Waals surface area contributed by atoms with Crippen molar-refractivity contribution in [3.05, 3.63) is 139 Å². The smallest absolute Gasteiger partial charge is 0.163 e. The standard InChI is InChI=1S/C59H51N5S/c1-2-12-41(13-3-1)63-47-19-8-5-16-44(47)51-52-49(50-45-17-6-9-20-48(45)65-54(50)53(51)63)43-15-4-7-18-46(43)64(52)42-14-10-11-40(27-42)55-60-56(58-28-34-21-35(29-58)23-36(22-34)30-58)62-57(61-55)59-31-37-24-38(32-59)26-39(25-37)33-59/h1-20,27,34-39H,21-26,28-33H2. The van der Waals surface area contributed by atoms with E-state index in [0.717, 1.165) is 64.2 Å². The van der Waals surface area contributed by atoms with E-state index in [1.165, 1.54) is 147 Å². The van der Waals surface area contributed by atoms with Gasteiger partial charge < -0.3 is 9.13 Å². The molecule has 8 aliphatic carbocycles. The molecule has 18 rings (SSSR count). The van der Waals surface area contributed by atoms with Crippen LogP contribution in [0, 0.1) is 35.5 Å². The molecule has 4 aromatic heterocycles. The fourth-order valence-electron chi connectivity index (χ4n) is 16.5. The van der Waals surface area contributed by atoms with Gasteiger partial charge in [-0.05, 0) is 155 Å². The first kappa shape index (κ1) is 36.4. The molecule has 0 aliphatic heterocycles. The lowest BCUT2D eigenvalue weighted by Crippen LogP contribution is -2.51. The fraction of sp³-hybridized carbons (Fsp3) is 0.339. The Hall–Kier alpha value is -5.85. The minimum Gasteiger partial charge on any atom is -0.308 e. The molecule has 6 aromatic carbocycles. The number of aromatic nitrogens is 5. The monoisotopic (exact) mass is 861 g/mol. The van der Waals surface area contributed by atoms with Crippen molar-refractivity contribution in [2.24, 2.45) is 35.5 Å². The third kappa shape index (κ3) is 5.02. The van der Waals surface area contributed by atoms with E-state index in [0.29, 0.717) is 0 Å². The van der Waals surface area contributed by atoms with Crippen molar-refractivity contribution in [2.75, 3.05) is 0 Å². The van der Waals surface area contributed by atoms with E-state index in [2.05, 4.69) is 137 Å². The van der Waals surface area contributed by atoms with Crippen LogP contribution in [0.2, 0.25) is 0 Å². The topological polar surface area (TPSA) is 48.5 Å². The normalized spacial score (nSPS) is 28.9. The number of para-hydroxylation sites is 3. The van der Waals surface area contributed by atoms with E-state index < -0.39 is 0 Å². The maximum Gasteiger partial charge on any atom is 0.163 e. The highest BCUT2D eigenvalue weighted by atomic mass is 32.1. The van der Waals surface area contributed by atoms with Crippen LogP contribution >= 0.6 is 11.3 Å². The molecule has 0 atom stereocenters. The van der Waals surface area contributed by atoms with Crippen LogP contribution in [0.4, 0.5) is 0 Å². The third-order valence-electron chi connectivity index (χ3n) is 18.1. The number of benzene rings is 6. The number of thiophene rings is 1. The number of fused-ring (bicyclic) bond motifs is 12. The Morgan fingerprint density at radius 1 is 0.431 bits per heavy atom. The first-order valence-electron chi connectivity index (χ1n) is 24.8. The van der Waals surface area contributed by atoms with E-state index in [-0.39, 0.29) is 10.8 Å². The Bertz CT molecular complexity index is 3510. The second-order valence-corrected chi connectivity index (χ2v) is 23.1. The highest BCUT2D eigenvalue weighted by Gasteiger charge is 2.56.